The molecule has 1 aliphatic carbocycles. The largest absolute Gasteiger partial charge is 0.492 e. The van der Waals surface area contributed by atoms with Gasteiger partial charge in [0.2, 0.25) is 0 Å². The van der Waals surface area contributed by atoms with Gasteiger partial charge in [0.25, 0.3) is 5.56 Å². The molecule has 0 radical (unpaired) electrons. The minimum atomic E-state index is -1.21. The molecule has 0 saturated heterocycles. The van der Waals surface area contributed by atoms with Crippen molar-refractivity contribution in [3.8, 4) is 22.8 Å². The second kappa shape index (κ2) is 8.67. The average Bonchev–Trinajstić information content (AvgIpc) is 3.55. The molecule has 1 fully saturated rings. The molecule has 31 heavy (non-hydrogen) atoms. The Labute approximate surface area is 189 Å². The molecule has 0 bridgehead atoms. The lowest BCUT2D eigenvalue weighted by atomic mass is 9.90. The van der Waals surface area contributed by atoms with Gasteiger partial charge >= 0.3 is 5.97 Å². The Hall–Kier alpha value is -2.32. The first-order valence-electron chi connectivity index (χ1n) is 10.5. The lowest BCUT2D eigenvalue weighted by Gasteiger charge is -2.33. The summed E-state index contributed by atoms with van der Waals surface area (Å²) in [6.07, 6.45) is 2.12. The van der Waals surface area contributed by atoms with Crippen LogP contribution in [0.2, 0.25) is 0 Å². The van der Waals surface area contributed by atoms with Gasteiger partial charge in [0.05, 0.1) is 16.8 Å². The Morgan fingerprint density at radius 2 is 2.03 bits per heavy atom. The molecule has 1 saturated carbocycles. The van der Waals surface area contributed by atoms with E-state index >= 15 is 0 Å². The zero-order chi connectivity index (χ0) is 22.3. The van der Waals surface area contributed by atoms with Crippen molar-refractivity contribution >= 4 is 21.9 Å². The summed E-state index contributed by atoms with van der Waals surface area (Å²) in [6, 6.07) is 5.25. The highest BCUT2D eigenvalue weighted by Crippen LogP contribution is 2.50. The number of carbonyl (C=O) groups is 1. The Morgan fingerprint density at radius 3 is 2.65 bits per heavy atom. The second-order valence-electron chi connectivity index (χ2n) is 8.33. The number of aromatic nitrogens is 1. The highest BCUT2D eigenvalue weighted by atomic mass is 79.9. The van der Waals surface area contributed by atoms with Gasteiger partial charge in [-0.25, -0.2) is 4.79 Å². The first-order chi connectivity index (χ1) is 14.8. The zero-order valence-electron chi connectivity index (χ0n) is 17.8. The Kier molecular flexibility index (Phi) is 6.12. The number of fused-ring (bicyclic) bond motifs is 3. The SMILES string of the molecule is COCCCOc1cc2c(cc1Br)-c1c(cc(C(=O)O)c(=O)n1C1CC1)C(C(C)C)O2. The molecule has 1 N–H and O–H groups in total. The van der Waals surface area contributed by atoms with Crippen LogP contribution in [0.15, 0.2) is 27.5 Å². The Morgan fingerprint density at radius 1 is 1.29 bits per heavy atom. The Balaban J connectivity index is 1.88. The molecule has 1 aliphatic heterocycles. The quantitative estimate of drug-likeness (QED) is 0.532. The molecule has 2 heterocycles. The van der Waals surface area contributed by atoms with Gasteiger partial charge < -0.3 is 23.9 Å². The zero-order valence-corrected chi connectivity index (χ0v) is 19.4. The average molecular weight is 492 g/mol. The van der Waals surface area contributed by atoms with Crippen LogP contribution in [0.4, 0.5) is 0 Å². The molecule has 0 amide bonds. The molecular weight excluding hydrogens is 466 g/mol. The number of carboxylic acid groups (broad SMARTS) is 1. The molecule has 166 valence electrons. The lowest BCUT2D eigenvalue weighted by Crippen LogP contribution is -2.32. The molecule has 1 unspecified atom stereocenters. The highest BCUT2D eigenvalue weighted by Gasteiger charge is 2.38. The first-order valence-corrected chi connectivity index (χ1v) is 11.3. The number of ether oxygens (including phenoxy) is 3. The second-order valence-corrected chi connectivity index (χ2v) is 9.18. The van der Waals surface area contributed by atoms with Gasteiger partial charge in [-0.05, 0) is 46.8 Å². The van der Waals surface area contributed by atoms with Gasteiger partial charge in [0, 0.05) is 43.4 Å². The van der Waals surface area contributed by atoms with Crippen molar-refractivity contribution in [2.75, 3.05) is 20.3 Å². The van der Waals surface area contributed by atoms with Gasteiger partial charge in [0.15, 0.2) is 0 Å². The third-order valence-electron chi connectivity index (χ3n) is 5.61. The fourth-order valence-electron chi connectivity index (χ4n) is 4.00. The van der Waals surface area contributed by atoms with Gasteiger partial charge in [-0.1, -0.05) is 13.8 Å². The van der Waals surface area contributed by atoms with Crippen LogP contribution in [0.3, 0.4) is 0 Å². The molecule has 1 atom stereocenters. The predicted octanol–water partition coefficient (Wildman–Crippen LogP) is 4.82. The lowest BCUT2D eigenvalue weighted by molar-refractivity contribution is 0.0693. The molecule has 0 spiro atoms. The van der Waals surface area contributed by atoms with E-state index in [1.165, 1.54) is 6.07 Å². The van der Waals surface area contributed by atoms with Crippen molar-refractivity contribution in [2.45, 2.75) is 45.3 Å². The number of rotatable bonds is 8. The maximum Gasteiger partial charge on any atom is 0.341 e. The number of aromatic carboxylic acids is 1. The molecule has 7 nitrogen and oxygen atoms in total. The summed E-state index contributed by atoms with van der Waals surface area (Å²) >= 11 is 3.58. The van der Waals surface area contributed by atoms with Gasteiger partial charge in [-0.3, -0.25) is 4.79 Å². The number of benzene rings is 1. The van der Waals surface area contributed by atoms with Gasteiger partial charge in [-0.2, -0.15) is 0 Å². The van der Waals surface area contributed by atoms with Crippen molar-refractivity contribution in [1.82, 2.24) is 4.57 Å². The number of methoxy groups -OCH3 is 1. The first kappa shape index (κ1) is 21.9. The smallest absolute Gasteiger partial charge is 0.341 e. The van der Waals surface area contributed by atoms with Crippen LogP contribution in [0.1, 0.15) is 61.2 Å². The maximum absolute atomic E-state index is 13.1. The molecule has 2 aromatic rings. The van der Waals surface area contributed by atoms with E-state index in [0.29, 0.717) is 24.7 Å². The van der Waals surface area contributed by atoms with E-state index < -0.39 is 11.5 Å². The van der Waals surface area contributed by atoms with Crippen molar-refractivity contribution < 1.29 is 24.1 Å². The van der Waals surface area contributed by atoms with E-state index in [0.717, 1.165) is 40.6 Å². The molecular formula is C23H26BrNO6. The van der Waals surface area contributed by atoms with Crippen LogP contribution in [-0.2, 0) is 4.74 Å². The summed E-state index contributed by atoms with van der Waals surface area (Å²) in [5.74, 6) is 0.154. The van der Waals surface area contributed by atoms with E-state index in [2.05, 4.69) is 15.9 Å². The fourth-order valence-corrected chi connectivity index (χ4v) is 4.46. The number of hydrogen-bond donors (Lipinski definition) is 1. The monoisotopic (exact) mass is 491 g/mol. The van der Waals surface area contributed by atoms with Crippen molar-refractivity contribution in [2.24, 2.45) is 5.92 Å². The summed E-state index contributed by atoms with van der Waals surface area (Å²) in [5.41, 5.74) is 1.60. The number of carboxylic acids is 1. The number of hydrogen-bond acceptors (Lipinski definition) is 5. The summed E-state index contributed by atoms with van der Waals surface area (Å²) in [4.78, 5) is 24.9. The normalized spacial score (nSPS) is 17.1. The highest BCUT2D eigenvalue weighted by molar-refractivity contribution is 9.10. The van der Waals surface area contributed by atoms with E-state index in [4.69, 9.17) is 14.2 Å². The third kappa shape index (κ3) is 4.11. The molecule has 4 rings (SSSR count). The third-order valence-corrected chi connectivity index (χ3v) is 6.23. The van der Waals surface area contributed by atoms with Gasteiger partial charge in [0.1, 0.15) is 23.2 Å². The summed E-state index contributed by atoms with van der Waals surface area (Å²) < 4.78 is 19.7. The Bertz CT molecular complexity index is 1070. The van der Waals surface area contributed by atoms with Crippen LogP contribution >= 0.6 is 15.9 Å². The summed E-state index contributed by atoms with van der Waals surface area (Å²) in [6.45, 7) is 5.16. The molecule has 1 aromatic carbocycles. The van der Waals surface area contributed by atoms with Crippen LogP contribution in [0, 0.1) is 5.92 Å². The van der Waals surface area contributed by atoms with Crippen molar-refractivity contribution in [3.05, 3.63) is 44.2 Å². The predicted molar refractivity (Wildman–Crippen MR) is 119 cm³/mol. The molecule has 2 aliphatic rings. The number of nitrogens with zero attached hydrogens (tertiary/aromatic N) is 1. The van der Waals surface area contributed by atoms with E-state index in [9.17, 15) is 14.7 Å². The standard InChI is InChI=1S/C23H26BrNO6/c1-12(2)21-15-9-16(23(27)28)22(26)25(13-5-6-13)20(15)14-10-17(24)19(11-18(14)31-21)30-8-4-7-29-3/h9-13,21H,4-8H2,1-3H3,(H,27,28). The van der Waals surface area contributed by atoms with Crippen molar-refractivity contribution in [3.63, 3.8) is 0 Å². The van der Waals surface area contributed by atoms with Crippen LogP contribution in [0.25, 0.3) is 11.3 Å². The summed E-state index contributed by atoms with van der Waals surface area (Å²) in [7, 11) is 1.65. The van der Waals surface area contributed by atoms with E-state index in [1.807, 2.05) is 26.0 Å². The topological polar surface area (TPSA) is 87.0 Å². The maximum atomic E-state index is 13.1. The minimum absolute atomic E-state index is 0.0167. The van der Waals surface area contributed by atoms with E-state index in [-0.39, 0.29) is 23.6 Å². The fraction of sp³-hybridized carbons (Fsp3) is 0.478. The number of halogens is 1. The van der Waals surface area contributed by atoms with Crippen LogP contribution in [0.5, 0.6) is 11.5 Å². The van der Waals surface area contributed by atoms with Crippen molar-refractivity contribution in [1.29, 1.82) is 0 Å². The van der Waals surface area contributed by atoms with Crippen LogP contribution < -0.4 is 15.0 Å². The minimum Gasteiger partial charge on any atom is -0.492 e. The number of pyridine rings is 1. The van der Waals surface area contributed by atoms with E-state index in [1.54, 1.807) is 11.7 Å². The molecule has 8 heteroatoms. The summed E-state index contributed by atoms with van der Waals surface area (Å²) in [5, 5.41) is 9.63. The van der Waals surface area contributed by atoms with Crippen LogP contribution in [-0.4, -0.2) is 36.0 Å². The van der Waals surface area contributed by atoms with Gasteiger partial charge in [-0.15, -0.1) is 0 Å². The molecule has 1 aromatic heterocycles.